The fraction of sp³-hybridized carbons (Fsp3) is 0.449. The van der Waals surface area contributed by atoms with E-state index in [0.717, 1.165) is 54.2 Å². The minimum Gasteiger partial charge on any atom is -0.685 e. The topological polar surface area (TPSA) is 57.0 Å². The summed E-state index contributed by atoms with van der Waals surface area (Å²) in [5.41, 5.74) is 9.07. The van der Waals surface area contributed by atoms with Crippen LogP contribution in [0.3, 0.4) is 0 Å². The summed E-state index contributed by atoms with van der Waals surface area (Å²) in [7, 11) is 0. The molecule has 0 bridgehead atoms. The number of benzene rings is 4. The van der Waals surface area contributed by atoms with E-state index < -0.39 is 0 Å². The van der Waals surface area contributed by atoms with Crippen molar-refractivity contribution < 1.29 is 24.9 Å². The zero-order chi connectivity index (χ0) is 38.6. The molecule has 4 nitrogen and oxygen atoms in total. The maximum Gasteiger partial charge on any atom is 0.157 e. The molecule has 0 atom stereocenters. The van der Waals surface area contributed by atoms with Gasteiger partial charge < -0.3 is 5.32 Å². The summed E-state index contributed by atoms with van der Waals surface area (Å²) in [6.45, 7) is 26.1. The predicted molar refractivity (Wildman–Crippen MR) is 227 cm³/mol. The molecule has 1 aliphatic carbocycles. The van der Waals surface area contributed by atoms with Crippen LogP contribution in [0, 0.1) is 17.9 Å². The Kier molecular flexibility index (Phi) is 14.6. The second-order valence-electron chi connectivity index (χ2n) is 16.2. The van der Waals surface area contributed by atoms with Gasteiger partial charge in [0.15, 0.2) is 5.78 Å². The summed E-state index contributed by atoms with van der Waals surface area (Å²) in [5.74, 6) is 2.40. The molecule has 4 aromatic carbocycles. The maximum absolute atomic E-state index is 12.2. The van der Waals surface area contributed by atoms with Gasteiger partial charge in [0, 0.05) is 43.1 Å². The molecule has 0 fully saturated rings. The number of fused-ring (bicyclic) bond motifs is 5. The molecule has 0 saturated carbocycles. The Bertz CT molecular complexity index is 2100. The minimum absolute atomic E-state index is 0. The van der Waals surface area contributed by atoms with Gasteiger partial charge in [0.05, 0.1) is 5.69 Å². The summed E-state index contributed by atoms with van der Waals surface area (Å²) in [6, 6.07) is 28.1. The van der Waals surface area contributed by atoms with E-state index in [4.69, 9.17) is 9.97 Å². The molecule has 1 heterocycles. The van der Waals surface area contributed by atoms with Crippen LogP contribution in [0.2, 0.25) is 0 Å². The number of hydrogen-bond donors (Lipinski definition) is 0. The number of nitrogens with zero attached hydrogens (tertiary/aromatic N) is 3. The fourth-order valence-electron chi connectivity index (χ4n) is 7.87. The van der Waals surface area contributed by atoms with Crippen molar-refractivity contribution in [2.45, 2.75) is 132 Å². The standard InChI is InChI=1S/C33H31N2.C16H31NO.Ir/c1-19(2)23-15-16-26(25-14-10-9-13-24(23)25)30-29-27-17-21-11-7-8-12-22(21)18-28(27)33(5,6)31(29)35-32(34-30)20(3)4;1-7-13(8-2)15(17-12(5)6)11-16(18)14(9-3)10-4;/h7-15,17-20H,1-6H3;11-14H,7-10H2,1-6H3,(H,17,18);/q-1;;/p-1. The second kappa shape index (κ2) is 18.3. The Morgan fingerprint density at radius 3 is 1.91 bits per heavy atom. The Hall–Kier alpha value is -3.66. The van der Waals surface area contributed by atoms with Crippen LogP contribution in [-0.2, 0) is 30.3 Å². The number of allylic oxidation sites excluding steroid dienone is 2. The summed E-state index contributed by atoms with van der Waals surface area (Å²) in [4.78, 5) is 22.6. The van der Waals surface area contributed by atoms with Gasteiger partial charge in [-0.3, -0.25) is 9.78 Å². The van der Waals surface area contributed by atoms with Crippen LogP contribution in [0.4, 0.5) is 0 Å². The number of carbonyl (C=O) groups is 1. The third-order valence-electron chi connectivity index (χ3n) is 11.1. The minimum atomic E-state index is -0.205. The molecule has 5 aromatic rings. The van der Waals surface area contributed by atoms with Gasteiger partial charge in [0.2, 0.25) is 0 Å². The van der Waals surface area contributed by atoms with Gasteiger partial charge in [-0.05, 0) is 64.4 Å². The van der Waals surface area contributed by atoms with E-state index in [-0.39, 0.29) is 49.2 Å². The van der Waals surface area contributed by atoms with Gasteiger partial charge in [0.1, 0.15) is 5.82 Å². The Labute approximate surface area is 339 Å². The van der Waals surface area contributed by atoms with Crippen molar-refractivity contribution in [2.75, 3.05) is 0 Å². The fourth-order valence-corrected chi connectivity index (χ4v) is 7.87. The largest absolute Gasteiger partial charge is 0.685 e. The smallest absolute Gasteiger partial charge is 0.157 e. The second-order valence-corrected chi connectivity index (χ2v) is 16.2. The van der Waals surface area contributed by atoms with Gasteiger partial charge >= 0.3 is 0 Å². The van der Waals surface area contributed by atoms with E-state index in [1.165, 1.54) is 43.8 Å². The normalized spacial score (nSPS) is 13.4. The number of ketones is 1. The number of aromatic nitrogens is 2. The third kappa shape index (κ3) is 8.74. The summed E-state index contributed by atoms with van der Waals surface area (Å²) in [6.07, 6.45) is 5.76. The third-order valence-corrected chi connectivity index (χ3v) is 11.1. The van der Waals surface area contributed by atoms with Crippen LogP contribution in [0.1, 0.15) is 143 Å². The maximum atomic E-state index is 12.2. The molecular formula is C49H61IrN3O-2. The molecule has 6 rings (SSSR count). The molecule has 5 heteroatoms. The molecule has 0 spiro atoms. The van der Waals surface area contributed by atoms with E-state index in [2.05, 4.69) is 161 Å². The van der Waals surface area contributed by atoms with Crippen LogP contribution < -0.4 is 0 Å². The van der Waals surface area contributed by atoms with Gasteiger partial charge in [-0.25, -0.2) is 4.98 Å². The zero-order valence-corrected chi connectivity index (χ0v) is 37.1. The first kappa shape index (κ1) is 43.1. The van der Waals surface area contributed by atoms with Crippen LogP contribution in [0.25, 0.3) is 49.2 Å². The van der Waals surface area contributed by atoms with E-state index in [9.17, 15) is 4.79 Å². The van der Waals surface area contributed by atoms with Crippen LogP contribution in [0.15, 0.2) is 78.5 Å². The van der Waals surface area contributed by atoms with E-state index >= 15 is 0 Å². The van der Waals surface area contributed by atoms with Crippen LogP contribution in [0.5, 0.6) is 0 Å². The molecule has 0 unspecified atom stereocenters. The molecule has 0 saturated heterocycles. The average Bonchev–Trinajstić information content (AvgIpc) is 3.35. The summed E-state index contributed by atoms with van der Waals surface area (Å²) >= 11 is 0. The molecule has 1 radical (unpaired) electrons. The number of carbonyl (C=O) groups excluding carboxylic acids is 1. The molecule has 1 aliphatic rings. The average molecular weight is 900 g/mol. The van der Waals surface area contributed by atoms with E-state index in [1.807, 2.05) is 6.08 Å². The molecular weight excluding hydrogens is 839 g/mol. The molecule has 0 aliphatic heterocycles. The van der Waals surface area contributed by atoms with Crippen molar-refractivity contribution in [2.24, 2.45) is 11.8 Å². The van der Waals surface area contributed by atoms with Crippen molar-refractivity contribution in [1.29, 1.82) is 0 Å². The molecule has 289 valence electrons. The van der Waals surface area contributed by atoms with E-state index in [1.54, 1.807) is 0 Å². The first-order chi connectivity index (χ1) is 25.3. The molecule has 54 heavy (non-hydrogen) atoms. The van der Waals surface area contributed by atoms with Crippen molar-refractivity contribution in [3.8, 4) is 22.4 Å². The molecule has 1 aromatic heterocycles. The zero-order valence-electron chi connectivity index (χ0n) is 34.7. The van der Waals surface area contributed by atoms with Gasteiger partial charge in [-0.2, -0.15) is 5.70 Å². The van der Waals surface area contributed by atoms with Gasteiger partial charge in [-0.15, -0.1) is 29.3 Å². The van der Waals surface area contributed by atoms with Gasteiger partial charge in [0.25, 0.3) is 0 Å². The van der Waals surface area contributed by atoms with E-state index in [0.29, 0.717) is 11.8 Å². The van der Waals surface area contributed by atoms with Crippen molar-refractivity contribution in [1.82, 2.24) is 9.97 Å². The molecule has 0 N–H and O–H groups in total. The summed E-state index contributed by atoms with van der Waals surface area (Å²) in [5, 5.41) is 9.66. The quantitative estimate of drug-likeness (QED) is 0.0926. The SMILES string of the molecule is CC(C)c1nc(-c2[c-]cc(C(C)C)c3ccccc23)c2c(n1)C(C)(C)c1cc3ccccc3cc1-2.CCC(CC)C(=O)/C=C(\[N-]C(C)C)C(CC)CC.[Ir]. The van der Waals surface area contributed by atoms with Crippen molar-refractivity contribution in [3.63, 3.8) is 0 Å². The first-order valence-corrected chi connectivity index (χ1v) is 20.1. The Balaban J connectivity index is 0.000000294. The first-order valence-electron chi connectivity index (χ1n) is 20.1. The van der Waals surface area contributed by atoms with Crippen LogP contribution >= 0.6 is 0 Å². The Morgan fingerprint density at radius 2 is 1.35 bits per heavy atom. The monoisotopic (exact) mass is 900 g/mol. The molecule has 0 amide bonds. The Morgan fingerprint density at radius 1 is 0.778 bits per heavy atom. The van der Waals surface area contributed by atoms with Crippen molar-refractivity contribution in [3.05, 3.63) is 113 Å². The predicted octanol–water partition coefficient (Wildman–Crippen LogP) is 13.9. The van der Waals surface area contributed by atoms with Crippen LogP contribution in [-0.4, -0.2) is 21.8 Å². The summed E-state index contributed by atoms with van der Waals surface area (Å²) < 4.78 is 0. The van der Waals surface area contributed by atoms with Crippen molar-refractivity contribution >= 4 is 27.3 Å². The van der Waals surface area contributed by atoms with Gasteiger partial charge in [-0.1, -0.05) is 161 Å². The number of hydrogen-bond acceptors (Lipinski definition) is 3. The number of rotatable bonds is 12.